The smallest absolute Gasteiger partial charge is 0.256 e. The number of fused-ring (bicyclic) bond motifs is 1. The molecule has 0 saturated carbocycles. The van der Waals surface area contributed by atoms with Gasteiger partial charge in [0.1, 0.15) is 5.52 Å². The van der Waals surface area contributed by atoms with E-state index in [4.69, 9.17) is 10.2 Å². The van der Waals surface area contributed by atoms with Crippen LogP contribution in [-0.2, 0) is 9.84 Å². The Labute approximate surface area is 110 Å². The van der Waals surface area contributed by atoms with Gasteiger partial charge in [-0.05, 0) is 12.1 Å². The molecule has 0 aliphatic carbocycles. The molecule has 0 aliphatic heterocycles. The second kappa shape index (κ2) is 5.19. The van der Waals surface area contributed by atoms with Crippen molar-refractivity contribution in [1.82, 2.24) is 4.98 Å². The van der Waals surface area contributed by atoms with Crippen molar-refractivity contribution < 1.29 is 12.8 Å². The van der Waals surface area contributed by atoms with Crippen LogP contribution in [-0.4, -0.2) is 30.7 Å². The van der Waals surface area contributed by atoms with Crippen LogP contribution in [0, 0.1) is 0 Å². The van der Waals surface area contributed by atoms with E-state index < -0.39 is 9.84 Å². The highest BCUT2D eigenvalue weighted by molar-refractivity contribution is 8.00. The number of thioether (sulfide) groups is 1. The Morgan fingerprint density at radius 1 is 1.44 bits per heavy atom. The molecule has 0 bridgehead atoms. The highest BCUT2D eigenvalue weighted by Gasteiger charge is 2.10. The van der Waals surface area contributed by atoms with Crippen molar-refractivity contribution in [3.05, 3.63) is 18.2 Å². The second-order valence-electron chi connectivity index (χ2n) is 3.79. The summed E-state index contributed by atoms with van der Waals surface area (Å²) in [5.41, 5.74) is 7.60. The molecule has 18 heavy (non-hydrogen) atoms. The van der Waals surface area contributed by atoms with Gasteiger partial charge in [0.05, 0.1) is 5.75 Å². The van der Waals surface area contributed by atoms with Crippen LogP contribution in [0.1, 0.15) is 6.92 Å². The highest BCUT2D eigenvalue weighted by atomic mass is 32.2. The summed E-state index contributed by atoms with van der Waals surface area (Å²) in [5.74, 6) is 0.741. The predicted molar refractivity (Wildman–Crippen MR) is 73.5 cm³/mol. The van der Waals surface area contributed by atoms with E-state index in [2.05, 4.69) is 4.98 Å². The largest absolute Gasteiger partial charge is 0.431 e. The van der Waals surface area contributed by atoms with E-state index in [1.807, 2.05) is 0 Å². The number of oxazole rings is 1. The summed E-state index contributed by atoms with van der Waals surface area (Å²) >= 11 is 1.30. The Kier molecular flexibility index (Phi) is 3.82. The summed E-state index contributed by atoms with van der Waals surface area (Å²) in [6, 6.07) is 5.23. The van der Waals surface area contributed by atoms with Crippen molar-refractivity contribution in [2.75, 3.05) is 23.0 Å². The molecule has 0 amide bonds. The first-order valence-corrected chi connectivity index (χ1v) is 8.30. The summed E-state index contributed by atoms with van der Waals surface area (Å²) in [4.78, 5) is 4.25. The third-order valence-corrected chi connectivity index (χ3v) is 5.25. The molecule has 0 atom stereocenters. The monoisotopic (exact) mass is 286 g/mol. The molecule has 1 aromatic carbocycles. The highest BCUT2D eigenvalue weighted by Crippen LogP contribution is 2.24. The van der Waals surface area contributed by atoms with E-state index in [0.29, 0.717) is 22.2 Å². The van der Waals surface area contributed by atoms with Crippen molar-refractivity contribution in [3.63, 3.8) is 0 Å². The minimum absolute atomic E-state index is 0.134. The van der Waals surface area contributed by atoms with Crippen molar-refractivity contribution in [3.8, 4) is 0 Å². The first kappa shape index (κ1) is 13.2. The molecule has 7 heteroatoms. The van der Waals surface area contributed by atoms with Crippen LogP contribution in [0.4, 0.5) is 5.69 Å². The lowest BCUT2D eigenvalue weighted by atomic mass is 10.3. The molecule has 98 valence electrons. The summed E-state index contributed by atoms with van der Waals surface area (Å²) in [7, 11) is -2.94. The molecule has 0 spiro atoms. The van der Waals surface area contributed by atoms with Crippen LogP contribution < -0.4 is 5.73 Å². The molecular formula is C11H14N2O3S2. The molecule has 0 radical (unpaired) electrons. The topological polar surface area (TPSA) is 86.2 Å². The maximum Gasteiger partial charge on any atom is 0.256 e. The fourth-order valence-electron chi connectivity index (χ4n) is 1.38. The van der Waals surface area contributed by atoms with E-state index in [-0.39, 0.29) is 11.5 Å². The van der Waals surface area contributed by atoms with Gasteiger partial charge in [0.25, 0.3) is 5.22 Å². The Hall–Kier alpha value is -1.21. The number of nitrogens with two attached hydrogens (primary N) is 1. The Bertz CT molecular complexity index is 649. The van der Waals surface area contributed by atoms with Crippen LogP contribution in [0.3, 0.4) is 0 Å². The minimum Gasteiger partial charge on any atom is -0.431 e. The molecule has 1 heterocycles. The molecule has 0 aliphatic rings. The Morgan fingerprint density at radius 2 is 2.22 bits per heavy atom. The predicted octanol–water partition coefficient (Wildman–Crippen LogP) is 1.94. The van der Waals surface area contributed by atoms with E-state index in [1.165, 1.54) is 11.8 Å². The lowest BCUT2D eigenvalue weighted by molar-refractivity contribution is 0.490. The SMILES string of the molecule is CCS(=O)(=O)CCSc1nc2ccc(N)cc2o1. The zero-order valence-corrected chi connectivity index (χ0v) is 11.6. The Balaban J connectivity index is 2.04. The summed E-state index contributed by atoms with van der Waals surface area (Å²) < 4.78 is 28.1. The van der Waals surface area contributed by atoms with Gasteiger partial charge in [-0.3, -0.25) is 0 Å². The number of nitrogen functional groups attached to an aromatic ring is 1. The minimum atomic E-state index is -2.94. The van der Waals surface area contributed by atoms with Gasteiger partial charge in [0.15, 0.2) is 15.4 Å². The molecule has 0 fully saturated rings. The van der Waals surface area contributed by atoms with Crippen LogP contribution >= 0.6 is 11.8 Å². The average Bonchev–Trinajstić information content (AvgIpc) is 2.70. The van der Waals surface area contributed by atoms with Crippen molar-refractivity contribution >= 4 is 38.4 Å². The molecule has 5 nitrogen and oxygen atoms in total. The quantitative estimate of drug-likeness (QED) is 0.667. The number of nitrogens with zero attached hydrogens (tertiary/aromatic N) is 1. The zero-order chi connectivity index (χ0) is 13.2. The van der Waals surface area contributed by atoms with Crippen LogP contribution in [0.25, 0.3) is 11.1 Å². The van der Waals surface area contributed by atoms with E-state index >= 15 is 0 Å². The fraction of sp³-hybridized carbons (Fsp3) is 0.364. The van der Waals surface area contributed by atoms with Crippen LogP contribution in [0.5, 0.6) is 0 Å². The van der Waals surface area contributed by atoms with Gasteiger partial charge in [-0.2, -0.15) is 0 Å². The van der Waals surface area contributed by atoms with Gasteiger partial charge >= 0.3 is 0 Å². The molecule has 2 N–H and O–H groups in total. The molecule has 0 unspecified atom stereocenters. The lowest BCUT2D eigenvalue weighted by Gasteiger charge is -1.97. The zero-order valence-electron chi connectivity index (χ0n) is 9.92. The van der Waals surface area contributed by atoms with Gasteiger partial charge < -0.3 is 10.2 Å². The second-order valence-corrected chi connectivity index (χ2v) is 7.31. The summed E-state index contributed by atoms with van der Waals surface area (Å²) in [5, 5.41) is 0.474. The first-order valence-electron chi connectivity index (χ1n) is 5.49. The third kappa shape index (κ3) is 3.17. The van der Waals surface area contributed by atoms with E-state index in [9.17, 15) is 8.42 Å². The number of aromatic nitrogens is 1. The van der Waals surface area contributed by atoms with Gasteiger partial charge in [-0.25, -0.2) is 13.4 Å². The van der Waals surface area contributed by atoms with Crippen LogP contribution in [0.15, 0.2) is 27.8 Å². The maximum absolute atomic E-state index is 11.3. The lowest BCUT2D eigenvalue weighted by Crippen LogP contribution is -2.10. The van der Waals surface area contributed by atoms with Crippen molar-refractivity contribution in [2.45, 2.75) is 12.1 Å². The average molecular weight is 286 g/mol. The number of rotatable bonds is 5. The van der Waals surface area contributed by atoms with Gasteiger partial charge in [0, 0.05) is 23.3 Å². The number of benzene rings is 1. The van der Waals surface area contributed by atoms with Crippen molar-refractivity contribution in [1.29, 1.82) is 0 Å². The number of hydrogen-bond acceptors (Lipinski definition) is 6. The fourth-order valence-corrected chi connectivity index (χ4v) is 3.51. The van der Waals surface area contributed by atoms with Gasteiger partial charge in [-0.1, -0.05) is 18.7 Å². The summed E-state index contributed by atoms with van der Waals surface area (Å²) in [6.45, 7) is 1.64. The standard InChI is InChI=1S/C11H14N2O3S2/c1-2-18(14,15)6-5-17-11-13-9-4-3-8(12)7-10(9)16-11/h3-4,7H,2,5-6,12H2,1H3. The van der Waals surface area contributed by atoms with E-state index in [0.717, 1.165) is 5.52 Å². The number of sulfone groups is 1. The molecule has 2 rings (SSSR count). The molecule has 1 aromatic heterocycles. The maximum atomic E-state index is 11.3. The van der Waals surface area contributed by atoms with Crippen LogP contribution in [0.2, 0.25) is 0 Å². The molecule has 0 saturated heterocycles. The number of hydrogen-bond donors (Lipinski definition) is 1. The van der Waals surface area contributed by atoms with Gasteiger partial charge in [0.2, 0.25) is 0 Å². The molecule has 2 aromatic rings. The first-order chi connectivity index (χ1) is 8.50. The summed E-state index contributed by atoms with van der Waals surface area (Å²) in [6.07, 6.45) is 0. The Morgan fingerprint density at radius 3 is 2.94 bits per heavy atom. The van der Waals surface area contributed by atoms with E-state index in [1.54, 1.807) is 25.1 Å². The van der Waals surface area contributed by atoms with Crippen molar-refractivity contribution in [2.24, 2.45) is 0 Å². The molecular weight excluding hydrogens is 272 g/mol. The third-order valence-electron chi connectivity index (χ3n) is 2.45. The van der Waals surface area contributed by atoms with Gasteiger partial charge in [-0.15, -0.1) is 0 Å². The number of anilines is 1. The normalized spacial score (nSPS) is 12.1.